The van der Waals surface area contributed by atoms with Crippen molar-refractivity contribution in [2.75, 3.05) is 52.9 Å². The Hall–Kier alpha value is -0.910. The molecule has 2 aliphatic rings. The summed E-state index contributed by atoms with van der Waals surface area (Å²) >= 11 is 1.88. The van der Waals surface area contributed by atoms with E-state index in [0.29, 0.717) is 0 Å². The molecule has 0 aromatic carbocycles. The van der Waals surface area contributed by atoms with Crippen molar-refractivity contribution in [3.8, 4) is 0 Å². The number of fused-ring (bicyclic) bond motifs is 1. The van der Waals surface area contributed by atoms with Crippen LogP contribution in [0.15, 0.2) is 16.4 Å². The summed E-state index contributed by atoms with van der Waals surface area (Å²) in [5, 5.41) is 5.71. The van der Waals surface area contributed by atoms with Gasteiger partial charge in [-0.1, -0.05) is 0 Å². The second-order valence-corrected chi connectivity index (χ2v) is 8.77. The predicted molar refractivity (Wildman–Crippen MR) is 126 cm³/mol. The monoisotopic (exact) mass is 520 g/mol. The number of halogens is 1. The molecule has 9 heteroatoms. The number of guanidine groups is 1. The summed E-state index contributed by atoms with van der Waals surface area (Å²) in [7, 11) is 1.83. The van der Waals surface area contributed by atoms with E-state index in [0.717, 1.165) is 58.3 Å². The van der Waals surface area contributed by atoms with Crippen LogP contribution >= 0.6 is 35.3 Å². The van der Waals surface area contributed by atoms with Crippen LogP contribution in [0.3, 0.4) is 0 Å². The first-order valence-corrected chi connectivity index (χ1v) is 10.6. The van der Waals surface area contributed by atoms with Gasteiger partial charge in [-0.3, -0.25) is 19.6 Å². The van der Waals surface area contributed by atoms with E-state index in [4.69, 9.17) is 5.73 Å². The van der Waals surface area contributed by atoms with Gasteiger partial charge in [-0.2, -0.15) is 0 Å². The molecule has 0 bridgehead atoms. The van der Waals surface area contributed by atoms with Gasteiger partial charge < -0.3 is 16.0 Å². The zero-order chi connectivity index (χ0) is 19.4. The van der Waals surface area contributed by atoms with Crippen molar-refractivity contribution in [1.82, 2.24) is 20.0 Å². The lowest BCUT2D eigenvalue weighted by molar-refractivity contribution is -0.129. The van der Waals surface area contributed by atoms with E-state index in [2.05, 4.69) is 36.5 Å². The summed E-state index contributed by atoms with van der Waals surface area (Å²) < 4.78 is 0. The first kappa shape index (κ1) is 23.4. The zero-order valence-corrected chi connectivity index (χ0v) is 20.3. The van der Waals surface area contributed by atoms with Crippen LogP contribution in [0.4, 0.5) is 0 Å². The Morgan fingerprint density at radius 2 is 2.00 bits per heavy atom. The molecule has 7 nitrogen and oxygen atoms in total. The third-order valence-corrected chi connectivity index (χ3v) is 6.81. The average molecular weight is 520 g/mol. The number of primary amides is 1. The third kappa shape index (κ3) is 5.37. The highest BCUT2D eigenvalue weighted by molar-refractivity contribution is 14.0. The van der Waals surface area contributed by atoms with E-state index >= 15 is 0 Å². The van der Waals surface area contributed by atoms with Crippen LogP contribution in [0.5, 0.6) is 0 Å². The van der Waals surface area contributed by atoms with Crippen LogP contribution in [0.2, 0.25) is 0 Å². The molecular formula is C19H33IN6OS. The number of aliphatic imine (C=N–C) groups is 1. The van der Waals surface area contributed by atoms with Crippen molar-refractivity contribution in [3.05, 3.63) is 21.9 Å². The number of nitrogens with zero attached hydrogens (tertiary/aromatic N) is 4. The summed E-state index contributed by atoms with van der Waals surface area (Å²) in [5.74, 6) is 0.675. The molecule has 0 saturated carbocycles. The fourth-order valence-corrected chi connectivity index (χ4v) is 4.68. The first-order valence-electron chi connectivity index (χ1n) is 9.70. The summed E-state index contributed by atoms with van der Waals surface area (Å²) in [6, 6.07) is 2.26. The summed E-state index contributed by atoms with van der Waals surface area (Å²) in [6.07, 6.45) is 1.17. The molecule has 0 radical (unpaired) electrons. The van der Waals surface area contributed by atoms with Crippen molar-refractivity contribution in [2.24, 2.45) is 10.7 Å². The Morgan fingerprint density at radius 1 is 1.29 bits per heavy atom. The van der Waals surface area contributed by atoms with Crippen molar-refractivity contribution in [1.29, 1.82) is 0 Å². The number of carbonyl (C=O) groups excluding carboxylic acids is 1. The molecule has 1 fully saturated rings. The second kappa shape index (κ2) is 10.2. The van der Waals surface area contributed by atoms with E-state index in [1.807, 2.05) is 32.2 Å². The highest BCUT2D eigenvalue weighted by Crippen LogP contribution is 2.23. The number of nitrogens with two attached hydrogens (primary N) is 1. The summed E-state index contributed by atoms with van der Waals surface area (Å²) in [4.78, 5) is 24.6. The molecule has 3 N–H and O–H groups in total. The maximum atomic E-state index is 11.7. The molecule has 158 valence electrons. The highest BCUT2D eigenvalue weighted by Gasteiger charge is 2.35. The van der Waals surface area contributed by atoms with Crippen molar-refractivity contribution in [3.63, 3.8) is 0 Å². The first-order chi connectivity index (χ1) is 12.9. The maximum Gasteiger partial charge on any atom is 0.237 e. The fraction of sp³-hybridized carbons (Fsp3) is 0.684. The maximum absolute atomic E-state index is 11.7. The van der Waals surface area contributed by atoms with Crippen LogP contribution in [0, 0.1) is 0 Å². The molecule has 1 saturated heterocycles. The van der Waals surface area contributed by atoms with E-state index in [1.165, 1.54) is 12.0 Å². The van der Waals surface area contributed by atoms with Crippen LogP contribution in [0.25, 0.3) is 0 Å². The molecule has 0 unspecified atom stereocenters. The SMILES string of the molecule is CN=C(NCCN1CCc2sccc2C1)N1CCN(C(C)(C)C(N)=O)CC1.I. The quantitative estimate of drug-likeness (QED) is 0.347. The van der Waals surface area contributed by atoms with E-state index in [9.17, 15) is 4.79 Å². The minimum absolute atomic E-state index is 0. The smallest absolute Gasteiger partial charge is 0.237 e. The van der Waals surface area contributed by atoms with Crippen LogP contribution in [-0.2, 0) is 17.8 Å². The second-order valence-electron chi connectivity index (χ2n) is 7.77. The van der Waals surface area contributed by atoms with Crippen molar-refractivity contribution < 1.29 is 4.79 Å². The van der Waals surface area contributed by atoms with Gasteiger partial charge in [-0.15, -0.1) is 35.3 Å². The van der Waals surface area contributed by atoms with Gasteiger partial charge in [0, 0.05) is 64.3 Å². The average Bonchev–Trinajstić information content (AvgIpc) is 3.13. The van der Waals surface area contributed by atoms with Gasteiger partial charge >= 0.3 is 0 Å². The molecule has 0 spiro atoms. The summed E-state index contributed by atoms with van der Waals surface area (Å²) in [5.41, 5.74) is 6.44. The fourth-order valence-electron chi connectivity index (χ4n) is 3.79. The lowest BCUT2D eigenvalue weighted by atomic mass is 10.0. The molecule has 0 aliphatic carbocycles. The molecule has 28 heavy (non-hydrogen) atoms. The Morgan fingerprint density at radius 3 is 2.64 bits per heavy atom. The standard InChI is InChI=1S/C19H32N6OS.HI/c1-19(2,17(20)26)25-11-9-24(10-12-25)18(21-3)22-6-8-23-7-4-16-15(14-23)5-13-27-16;/h5,13H,4,6-12,14H2,1-3H3,(H2,20,26)(H,21,22);1H. The number of piperazine rings is 1. The Balaban J connectivity index is 0.00000280. The Kier molecular flexibility index (Phi) is 8.53. The highest BCUT2D eigenvalue weighted by atomic mass is 127. The topological polar surface area (TPSA) is 77.2 Å². The molecule has 1 aromatic heterocycles. The van der Waals surface area contributed by atoms with Gasteiger partial charge in [0.25, 0.3) is 0 Å². The molecule has 1 amide bonds. The molecule has 0 atom stereocenters. The van der Waals surface area contributed by atoms with E-state index in [-0.39, 0.29) is 29.9 Å². The normalized spacial score (nSPS) is 19.1. The van der Waals surface area contributed by atoms with Gasteiger partial charge in [0.15, 0.2) is 5.96 Å². The van der Waals surface area contributed by atoms with E-state index < -0.39 is 5.54 Å². The molecule has 3 rings (SSSR count). The summed E-state index contributed by atoms with van der Waals surface area (Å²) in [6.45, 7) is 11.2. The number of hydrogen-bond donors (Lipinski definition) is 2. The lowest BCUT2D eigenvalue weighted by Gasteiger charge is -2.43. The van der Waals surface area contributed by atoms with Gasteiger partial charge in [-0.25, -0.2) is 0 Å². The zero-order valence-electron chi connectivity index (χ0n) is 17.1. The lowest BCUT2D eigenvalue weighted by Crippen LogP contribution is -2.61. The molecular weight excluding hydrogens is 487 g/mol. The van der Waals surface area contributed by atoms with Crippen LogP contribution in [0.1, 0.15) is 24.3 Å². The number of hydrogen-bond acceptors (Lipinski definition) is 5. The number of nitrogens with one attached hydrogen (secondary N) is 1. The van der Waals surface area contributed by atoms with Crippen molar-refractivity contribution >= 4 is 47.2 Å². The van der Waals surface area contributed by atoms with Crippen LogP contribution in [-0.4, -0.2) is 85.0 Å². The van der Waals surface area contributed by atoms with Gasteiger partial charge in [0.2, 0.25) is 5.91 Å². The Labute approximate surface area is 189 Å². The van der Waals surface area contributed by atoms with Gasteiger partial charge in [0.1, 0.15) is 0 Å². The molecule has 1 aromatic rings. The molecule has 2 aliphatic heterocycles. The van der Waals surface area contributed by atoms with Gasteiger partial charge in [0.05, 0.1) is 5.54 Å². The van der Waals surface area contributed by atoms with Crippen molar-refractivity contribution in [2.45, 2.75) is 32.4 Å². The largest absolute Gasteiger partial charge is 0.368 e. The number of amides is 1. The van der Waals surface area contributed by atoms with E-state index in [1.54, 1.807) is 4.88 Å². The number of carbonyl (C=O) groups is 1. The van der Waals surface area contributed by atoms with Crippen LogP contribution < -0.4 is 11.1 Å². The minimum atomic E-state index is -0.599. The minimum Gasteiger partial charge on any atom is -0.368 e. The van der Waals surface area contributed by atoms with Gasteiger partial charge in [-0.05, 0) is 37.3 Å². The molecule has 3 heterocycles. The number of thiophene rings is 1. The Bertz CT molecular complexity index is 684. The predicted octanol–water partition coefficient (Wildman–Crippen LogP) is 1.18. The number of rotatable bonds is 5. The third-order valence-electron chi connectivity index (χ3n) is 5.78.